The average molecular weight is 176 g/mol. The van der Waals surface area contributed by atoms with Gasteiger partial charge in [0.05, 0.1) is 5.75 Å². The van der Waals surface area contributed by atoms with Crippen LogP contribution in [0.4, 0.5) is 0 Å². The van der Waals surface area contributed by atoms with Crippen molar-refractivity contribution in [1.82, 2.24) is 0 Å². The quantitative estimate of drug-likeness (QED) is 0.501. The molecule has 0 amide bonds. The fourth-order valence-electron chi connectivity index (χ4n) is 0. The molecule has 0 aliphatic heterocycles. The Balaban J connectivity index is 0. The number of rotatable bonds is 1. The van der Waals surface area contributed by atoms with Crippen LogP contribution in [0.1, 0.15) is 6.92 Å². The molecule has 0 aromatic heterocycles. The van der Waals surface area contributed by atoms with E-state index in [2.05, 4.69) is 0 Å². The minimum absolute atomic E-state index is 0.201. The molecule has 0 spiro atoms. The average Bonchev–Trinajstić information content (AvgIpc) is 1.67. The molecule has 0 bridgehead atoms. The number of hydrogen-bond donors (Lipinski definition) is 1. The molecule has 0 aliphatic rings. The second kappa shape index (κ2) is 5.99. The van der Waals surface area contributed by atoms with Crippen LogP contribution >= 0.6 is 0 Å². The van der Waals surface area contributed by atoms with Crippen LogP contribution in [-0.4, -0.2) is 27.1 Å². The van der Waals surface area contributed by atoms with Crippen molar-refractivity contribution >= 4 is 21.7 Å². The highest BCUT2D eigenvalue weighted by atomic mass is 32.2. The van der Waals surface area contributed by atoms with E-state index in [0.717, 1.165) is 0 Å². The van der Waals surface area contributed by atoms with Gasteiger partial charge in [-0.1, -0.05) is 0 Å². The SMILES string of the molecule is CCS(=O)(=O)O.O=[SH2]=O. The highest BCUT2D eigenvalue weighted by molar-refractivity contribution is 7.85. The van der Waals surface area contributed by atoms with E-state index in [-0.39, 0.29) is 5.75 Å². The molecular weight excluding hydrogens is 168 g/mol. The molecule has 9 heavy (non-hydrogen) atoms. The van der Waals surface area contributed by atoms with Gasteiger partial charge in [0.15, 0.2) is 0 Å². The van der Waals surface area contributed by atoms with Crippen LogP contribution in [-0.2, 0) is 21.7 Å². The van der Waals surface area contributed by atoms with Gasteiger partial charge in [-0.3, -0.25) is 4.55 Å². The van der Waals surface area contributed by atoms with Crippen molar-refractivity contribution in [1.29, 1.82) is 0 Å². The third kappa shape index (κ3) is 33.0. The van der Waals surface area contributed by atoms with Crippen molar-refractivity contribution in [2.75, 3.05) is 5.75 Å². The zero-order valence-electron chi connectivity index (χ0n) is 4.70. The molecule has 0 saturated carbocycles. The summed E-state index contributed by atoms with van der Waals surface area (Å²) >= 11 is -1.42. The molecule has 0 heterocycles. The fourth-order valence-corrected chi connectivity index (χ4v) is 0. The topological polar surface area (TPSA) is 88.5 Å². The summed E-state index contributed by atoms with van der Waals surface area (Å²) in [7, 11) is -3.66. The molecule has 0 rings (SSSR count). The van der Waals surface area contributed by atoms with Gasteiger partial charge in [-0.25, -0.2) is 8.42 Å². The molecule has 0 fully saturated rings. The van der Waals surface area contributed by atoms with E-state index in [1.807, 2.05) is 0 Å². The molecular formula is C2H8O5S2. The summed E-state index contributed by atoms with van der Waals surface area (Å²) in [6.07, 6.45) is 0. The van der Waals surface area contributed by atoms with Crippen LogP contribution in [0.15, 0.2) is 0 Å². The third-order valence-electron chi connectivity index (χ3n) is 0.365. The largest absolute Gasteiger partial charge is 0.286 e. The minimum Gasteiger partial charge on any atom is -0.286 e. The zero-order valence-corrected chi connectivity index (χ0v) is 6.51. The van der Waals surface area contributed by atoms with E-state index in [4.69, 9.17) is 13.0 Å². The van der Waals surface area contributed by atoms with Crippen molar-refractivity contribution < 1.29 is 21.4 Å². The van der Waals surface area contributed by atoms with Crippen molar-refractivity contribution in [2.24, 2.45) is 0 Å². The summed E-state index contributed by atoms with van der Waals surface area (Å²) in [4.78, 5) is 0. The van der Waals surface area contributed by atoms with Crippen LogP contribution in [0.3, 0.4) is 0 Å². The summed E-state index contributed by atoms with van der Waals surface area (Å²) in [6.45, 7) is 1.37. The highest BCUT2D eigenvalue weighted by Crippen LogP contribution is 1.74. The lowest BCUT2D eigenvalue weighted by Gasteiger charge is -1.79. The van der Waals surface area contributed by atoms with Crippen LogP contribution in [0.2, 0.25) is 0 Å². The lowest BCUT2D eigenvalue weighted by atomic mass is 11.0. The summed E-state index contributed by atoms with van der Waals surface area (Å²) < 4.78 is 43.7. The maximum Gasteiger partial charge on any atom is 0.264 e. The van der Waals surface area contributed by atoms with Crippen molar-refractivity contribution in [3.63, 3.8) is 0 Å². The van der Waals surface area contributed by atoms with E-state index in [0.29, 0.717) is 0 Å². The van der Waals surface area contributed by atoms with E-state index >= 15 is 0 Å². The molecule has 0 aromatic carbocycles. The van der Waals surface area contributed by atoms with Crippen molar-refractivity contribution in [2.45, 2.75) is 6.92 Å². The first-order chi connectivity index (χ1) is 3.97. The molecule has 0 aromatic rings. The maximum absolute atomic E-state index is 9.56. The van der Waals surface area contributed by atoms with E-state index < -0.39 is 21.7 Å². The van der Waals surface area contributed by atoms with Gasteiger partial charge in [-0.05, 0) is 6.92 Å². The Hall–Kier alpha value is -0.140. The van der Waals surface area contributed by atoms with E-state index in [9.17, 15) is 8.42 Å². The normalized spacial score (nSPS) is 9.56. The third-order valence-corrected chi connectivity index (χ3v) is 1.09. The molecule has 1 N–H and O–H groups in total. The van der Waals surface area contributed by atoms with Crippen LogP contribution in [0, 0.1) is 0 Å². The monoisotopic (exact) mass is 176 g/mol. The van der Waals surface area contributed by atoms with Gasteiger partial charge in [0.1, 0.15) is 11.6 Å². The Labute approximate surface area is 56.4 Å². The molecule has 0 atom stereocenters. The zero-order chi connectivity index (χ0) is 7.91. The first kappa shape index (κ1) is 11.6. The molecule has 58 valence electrons. The minimum atomic E-state index is -3.66. The Morgan fingerprint density at radius 2 is 1.56 bits per heavy atom. The fraction of sp³-hybridized carbons (Fsp3) is 1.00. The Kier molecular flexibility index (Phi) is 7.74. The van der Waals surface area contributed by atoms with Gasteiger partial charge in [0.2, 0.25) is 0 Å². The standard InChI is InChI=1S/C2H6O3S.H2O2S/c1-2-6(3,4)5;1-3-2/h2H2,1H3,(H,3,4,5);3H2. The molecule has 0 aliphatic carbocycles. The Morgan fingerprint density at radius 3 is 1.56 bits per heavy atom. The van der Waals surface area contributed by atoms with Crippen LogP contribution in [0.25, 0.3) is 0 Å². The summed E-state index contributed by atoms with van der Waals surface area (Å²) in [6, 6.07) is 0. The maximum atomic E-state index is 9.56. The molecule has 0 saturated heterocycles. The second-order valence-electron chi connectivity index (χ2n) is 0.954. The van der Waals surface area contributed by atoms with E-state index in [1.165, 1.54) is 6.92 Å². The van der Waals surface area contributed by atoms with Gasteiger partial charge < -0.3 is 0 Å². The van der Waals surface area contributed by atoms with Crippen molar-refractivity contribution in [3.05, 3.63) is 0 Å². The highest BCUT2D eigenvalue weighted by Gasteiger charge is 1.93. The predicted octanol–water partition coefficient (Wildman–Crippen LogP) is -1.31. The number of hydrogen-bond acceptors (Lipinski definition) is 4. The summed E-state index contributed by atoms with van der Waals surface area (Å²) in [5.41, 5.74) is 0. The van der Waals surface area contributed by atoms with Crippen LogP contribution < -0.4 is 0 Å². The first-order valence-corrected chi connectivity index (χ1v) is 4.35. The van der Waals surface area contributed by atoms with Gasteiger partial charge >= 0.3 is 0 Å². The molecule has 0 unspecified atom stereocenters. The van der Waals surface area contributed by atoms with Crippen molar-refractivity contribution in [3.8, 4) is 0 Å². The Morgan fingerprint density at radius 1 is 1.44 bits per heavy atom. The molecule has 7 heteroatoms. The lowest BCUT2D eigenvalue weighted by Crippen LogP contribution is -1.97. The molecule has 5 nitrogen and oxygen atoms in total. The van der Waals surface area contributed by atoms with Crippen LogP contribution in [0.5, 0.6) is 0 Å². The van der Waals surface area contributed by atoms with E-state index in [1.54, 1.807) is 0 Å². The Bertz CT molecular complexity index is 173. The lowest BCUT2D eigenvalue weighted by molar-refractivity contribution is 0.484. The summed E-state index contributed by atoms with van der Waals surface area (Å²) in [5.74, 6) is -0.201. The smallest absolute Gasteiger partial charge is 0.264 e. The summed E-state index contributed by atoms with van der Waals surface area (Å²) in [5, 5.41) is 0. The van der Waals surface area contributed by atoms with Gasteiger partial charge in [0.25, 0.3) is 10.1 Å². The van der Waals surface area contributed by atoms with Gasteiger partial charge in [-0.2, -0.15) is 8.42 Å². The second-order valence-corrected chi connectivity index (χ2v) is 2.86. The first-order valence-electron chi connectivity index (χ1n) is 1.92. The molecule has 0 radical (unpaired) electrons. The predicted molar refractivity (Wildman–Crippen MR) is 33.8 cm³/mol. The van der Waals surface area contributed by atoms with Gasteiger partial charge in [-0.15, -0.1) is 0 Å². The van der Waals surface area contributed by atoms with Gasteiger partial charge in [0, 0.05) is 0 Å².